The number of piperazine rings is 1. The second-order valence-corrected chi connectivity index (χ2v) is 9.57. The summed E-state index contributed by atoms with van der Waals surface area (Å²) in [5.41, 5.74) is 0. The monoisotopic (exact) mass is 419 g/mol. The maximum atomic E-state index is 13.1. The highest BCUT2D eigenvalue weighted by Gasteiger charge is 2.37. The Bertz CT molecular complexity index is 661. The van der Waals surface area contributed by atoms with Crippen LogP contribution >= 0.6 is 11.3 Å². The van der Waals surface area contributed by atoms with Crippen molar-refractivity contribution >= 4 is 23.2 Å². The lowest BCUT2D eigenvalue weighted by Gasteiger charge is -2.41. The molecule has 3 aliphatic rings. The lowest BCUT2D eigenvalue weighted by atomic mass is 9.95. The summed E-state index contributed by atoms with van der Waals surface area (Å²) in [7, 11) is 0. The molecule has 29 heavy (non-hydrogen) atoms. The molecule has 4 rings (SSSR count). The molecule has 6 nitrogen and oxygen atoms in total. The van der Waals surface area contributed by atoms with E-state index in [0.29, 0.717) is 32.0 Å². The zero-order valence-corrected chi connectivity index (χ0v) is 18.0. The third kappa shape index (κ3) is 5.38. The van der Waals surface area contributed by atoms with Gasteiger partial charge in [-0.3, -0.25) is 14.5 Å². The zero-order valence-electron chi connectivity index (χ0n) is 17.2. The molecule has 160 valence electrons. The van der Waals surface area contributed by atoms with Crippen LogP contribution in [0.4, 0.5) is 0 Å². The molecular formula is C22H33N3O3S. The highest BCUT2D eigenvalue weighted by molar-refractivity contribution is 7.10. The van der Waals surface area contributed by atoms with Crippen LogP contribution in [0, 0.1) is 5.92 Å². The average Bonchev–Trinajstić information content (AvgIpc) is 3.51. The van der Waals surface area contributed by atoms with Gasteiger partial charge in [-0.05, 0) is 43.0 Å². The topological polar surface area (TPSA) is 61.9 Å². The summed E-state index contributed by atoms with van der Waals surface area (Å²) in [6, 6.07) is 3.95. The van der Waals surface area contributed by atoms with E-state index in [9.17, 15) is 9.59 Å². The van der Waals surface area contributed by atoms with Crippen LogP contribution in [0.1, 0.15) is 43.4 Å². The minimum Gasteiger partial charge on any atom is -0.376 e. The van der Waals surface area contributed by atoms with Crippen molar-refractivity contribution in [2.24, 2.45) is 5.92 Å². The predicted molar refractivity (Wildman–Crippen MR) is 114 cm³/mol. The minimum absolute atomic E-state index is 0.0616. The third-order valence-corrected chi connectivity index (χ3v) is 7.49. The Kier molecular flexibility index (Phi) is 7.21. The summed E-state index contributed by atoms with van der Waals surface area (Å²) in [6.07, 6.45) is 7.51. The van der Waals surface area contributed by atoms with Gasteiger partial charge in [-0.2, -0.15) is 0 Å². The van der Waals surface area contributed by atoms with E-state index in [1.165, 1.54) is 12.8 Å². The SMILES string of the molecule is O=C(NCC1CCCO1)C(C1CCCC1)N1CCN(C(=O)Cc2cccs2)CC1. The Morgan fingerprint density at radius 2 is 1.93 bits per heavy atom. The molecule has 3 fully saturated rings. The number of nitrogens with one attached hydrogen (secondary N) is 1. The predicted octanol–water partition coefficient (Wildman–Crippen LogP) is 2.29. The van der Waals surface area contributed by atoms with Crippen LogP contribution in [0.5, 0.6) is 0 Å². The van der Waals surface area contributed by atoms with E-state index in [4.69, 9.17) is 4.74 Å². The molecule has 1 aliphatic carbocycles. The summed E-state index contributed by atoms with van der Waals surface area (Å²) in [6.45, 7) is 4.43. The molecule has 1 saturated carbocycles. The fourth-order valence-electron chi connectivity index (χ4n) is 5.00. The molecule has 0 spiro atoms. The van der Waals surface area contributed by atoms with Gasteiger partial charge in [0.25, 0.3) is 0 Å². The van der Waals surface area contributed by atoms with Crippen molar-refractivity contribution in [1.82, 2.24) is 15.1 Å². The quantitative estimate of drug-likeness (QED) is 0.737. The van der Waals surface area contributed by atoms with Crippen LogP contribution < -0.4 is 5.32 Å². The second-order valence-electron chi connectivity index (χ2n) is 8.54. The van der Waals surface area contributed by atoms with Gasteiger partial charge in [-0.1, -0.05) is 18.9 Å². The zero-order chi connectivity index (χ0) is 20.1. The highest BCUT2D eigenvalue weighted by atomic mass is 32.1. The highest BCUT2D eigenvalue weighted by Crippen LogP contribution is 2.31. The van der Waals surface area contributed by atoms with Crippen LogP contribution in [-0.2, 0) is 20.7 Å². The number of nitrogens with zero attached hydrogens (tertiary/aromatic N) is 2. The molecule has 0 radical (unpaired) electrons. The molecule has 0 bridgehead atoms. The van der Waals surface area contributed by atoms with Crippen molar-refractivity contribution in [3.05, 3.63) is 22.4 Å². The first-order chi connectivity index (χ1) is 14.2. The molecule has 7 heteroatoms. The normalized spacial score (nSPS) is 24.7. The van der Waals surface area contributed by atoms with Gasteiger partial charge in [0.2, 0.25) is 11.8 Å². The van der Waals surface area contributed by atoms with Gasteiger partial charge in [-0.25, -0.2) is 0 Å². The third-order valence-electron chi connectivity index (χ3n) is 6.61. The van der Waals surface area contributed by atoms with Crippen molar-refractivity contribution in [2.45, 2.75) is 57.1 Å². The lowest BCUT2D eigenvalue weighted by Crippen LogP contribution is -2.58. The first-order valence-corrected chi connectivity index (χ1v) is 12.0. The van der Waals surface area contributed by atoms with Gasteiger partial charge in [0, 0.05) is 44.2 Å². The Hall–Kier alpha value is -1.44. The number of hydrogen-bond donors (Lipinski definition) is 1. The van der Waals surface area contributed by atoms with E-state index in [-0.39, 0.29) is 24.0 Å². The number of carbonyl (C=O) groups excluding carboxylic acids is 2. The smallest absolute Gasteiger partial charge is 0.237 e. The van der Waals surface area contributed by atoms with Crippen LogP contribution in [-0.4, -0.2) is 73.1 Å². The Morgan fingerprint density at radius 1 is 1.14 bits per heavy atom. The first kappa shape index (κ1) is 20.8. The number of hydrogen-bond acceptors (Lipinski definition) is 5. The average molecular weight is 420 g/mol. The molecule has 0 aromatic carbocycles. The Balaban J connectivity index is 1.32. The van der Waals surface area contributed by atoms with E-state index < -0.39 is 0 Å². The summed E-state index contributed by atoms with van der Waals surface area (Å²) < 4.78 is 5.67. The fourth-order valence-corrected chi connectivity index (χ4v) is 5.69. The standard InChI is InChI=1S/C22H33N3O3S/c26-20(15-19-8-4-14-29-19)24-9-11-25(12-10-24)21(17-5-1-2-6-17)22(27)23-16-18-7-3-13-28-18/h4,8,14,17-18,21H,1-3,5-7,9-13,15-16H2,(H,23,27). The van der Waals surface area contributed by atoms with Crippen molar-refractivity contribution < 1.29 is 14.3 Å². The maximum Gasteiger partial charge on any atom is 0.237 e. The van der Waals surface area contributed by atoms with Crippen molar-refractivity contribution in [2.75, 3.05) is 39.3 Å². The van der Waals surface area contributed by atoms with Crippen molar-refractivity contribution in [3.63, 3.8) is 0 Å². The van der Waals surface area contributed by atoms with Crippen LogP contribution in [0.3, 0.4) is 0 Å². The van der Waals surface area contributed by atoms with Gasteiger partial charge in [0.15, 0.2) is 0 Å². The minimum atomic E-state index is -0.0616. The van der Waals surface area contributed by atoms with Crippen molar-refractivity contribution in [3.8, 4) is 0 Å². The number of ether oxygens (including phenoxy) is 1. The van der Waals surface area contributed by atoms with E-state index >= 15 is 0 Å². The molecule has 2 unspecified atom stereocenters. The van der Waals surface area contributed by atoms with Gasteiger partial charge in [0.1, 0.15) is 0 Å². The Morgan fingerprint density at radius 3 is 2.59 bits per heavy atom. The van der Waals surface area contributed by atoms with E-state index in [1.807, 2.05) is 22.4 Å². The lowest BCUT2D eigenvalue weighted by molar-refractivity contribution is -0.135. The van der Waals surface area contributed by atoms with Crippen LogP contribution in [0.25, 0.3) is 0 Å². The van der Waals surface area contributed by atoms with E-state index in [0.717, 1.165) is 50.3 Å². The number of amides is 2. The van der Waals surface area contributed by atoms with Gasteiger partial charge in [0.05, 0.1) is 18.6 Å². The molecule has 1 N–H and O–H groups in total. The largest absolute Gasteiger partial charge is 0.376 e. The molecule has 1 aromatic rings. The van der Waals surface area contributed by atoms with Gasteiger partial charge >= 0.3 is 0 Å². The van der Waals surface area contributed by atoms with E-state index in [2.05, 4.69) is 10.2 Å². The number of thiophene rings is 1. The molecule has 2 aliphatic heterocycles. The van der Waals surface area contributed by atoms with Crippen molar-refractivity contribution in [1.29, 1.82) is 0 Å². The molecule has 2 amide bonds. The molecule has 3 heterocycles. The number of rotatable bonds is 7. The van der Waals surface area contributed by atoms with E-state index in [1.54, 1.807) is 11.3 Å². The van der Waals surface area contributed by atoms with Gasteiger partial charge < -0.3 is 15.0 Å². The summed E-state index contributed by atoms with van der Waals surface area (Å²) in [4.78, 5) is 31.1. The van der Waals surface area contributed by atoms with Gasteiger partial charge in [-0.15, -0.1) is 11.3 Å². The second kappa shape index (κ2) is 10.0. The molecular weight excluding hydrogens is 386 g/mol. The Labute approximate surface area is 177 Å². The molecule has 2 atom stereocenters. The fraction of sp³-hybridized carbons (Fsp3) is 0.727. The first-order valence-electron chi connectivity index (χ1n) is 11.1. The van der Waals surface area contributed by atoms with Crippen LogP contribution in [0.15, 0.2) is 17.5 Å². The summed E-state index contributed by atoms with van der Waals surface area (Å²) in [5.74, 6) is 0.797. The molecule has 1 aromatic heterocycles. The maximum absolute atomic E-state index is 13.1. The summed E-state index contributed by atoms with van der Waals surface area (Å²) >= 11 is 1.64. The van der Waals surface area contributed by atoms with Crippen LogP contribution in [0.2, 0.25) is 0 Å². The number of carbonyl (C=O) groups is 2. The molecule has 2 saturated heterocycles. The summed E-state index contributed by atoms with van der Waals surface area (Å²) in [5, 5.41) is 5.19.